The minimum atomic E-state index is 0.720. The first kappa shape index (κ1) is 13.8. The molecule has 1 aromatic heterocycles. The Morgan fingerprint density at radius 3 is 2.76 bits per heavy atom. The molecule has 1 rings (SSSR count). The van der Waals surface area contributed by atoms with Gasteiger partial charge in [0.2, 0.25) is 0 Å². The van der Waals surface area contributed by atoms with Crippen LogP contribution in [-0.4, -0.2) is 11.5 Å². The third kappa shape index (κ3) is 4.63. The molecule has 0 spiro atoms. The molecule has 0 aliphatic carbocycles. The van der Waals surface area contributed by atoms with Gasteiger partial charge in [0, 0.05) is 12.7 Å². The van der Waals surface area contributed by atoms with Gasteiger partial charge in [-0.05, 0) is 30.9 Å². The summed E-state index contributed by atoms with van der Waals surface area (Å²) in [5.41, 5.74) is 7.77. The molecule has 0 aliphatic heterocycles. The zero-order valence-corrected chi connectivity index (χ0v) is 11.3. The van der Waals surface area contributed by atoms with Crippen molar-refractivity contribution in [3.05, 3.63) is 17.8 Å². The third-order valence-electron chi connectivity index (χ3n) is 3.16. The van der Waals surface area contributed by atoms with Gasteiger partial charge in [0.15, 0.2) is 0 Å². The smallest absolute Gasteiger partial charge is 0.149 e. The van der Waals surface area contributed by atoms with Gasteiger partial charge in [0.25, 0.3) is 0 Å². The van der Waals surface area contributed by atoms with Crippen molar-refractivity contribution in [1.82, 2.24) is 4.98 Å². The summed E-state index contributed by atoms with van der Waals surface area (Å²) in [7, 11) is 0. The fraction of sp³-hybridized carbons (Fsp3) is 0.643. The fourth-order valence-corrected chi connectivity index (χ4v) is 1.92. The van der Waals surface area contributed by atoms with E-state index in [-0.39, 0.29) is 0 Å². The van der Waals surface area contributed by atoms with Crippen molar-refractivity contribution in [3.63, 3.8) is 0 Å². The van der Waals surface area contributed by atoms with Gasteiger partial charge in [0.05, 0.1) is 5.69 Å². The van der Waals surface area contributed by atoms with Gasteiger partial charge in [-0.1, -0.05) is 33.1 Å². The molecule has 0 amide bonds. The van der Waals surface area contributed by atoms with Crippen molar-refractivity contribution in [2.45, 2.75) is 46.5 Å². The molecule has 17 heavy (non-hydrogen) atoms. The van der Waals surface area contributed by atoms with E-state index in [9.17, 15) is 0 Å². The van der Waals surface area contributed by atoms with Crippen molar-refractivity contribution in [2.75, 3.05) is 17.6 Å². The lowest BCUT2D eigenvalue weighted by Crippen LogP contribution is -2.15. The number of nitrogens with one attached hydrogen (secondary N) is 1. The summed E-state index contributed by atoms with van der Waals surface area (Å²) in [5.74, 6) is 1.54. The van der Waals surface area contributed by atoms with Crippen LogP contribution >= 0.6 is 0 Å². The summed E-state index contributed by atoms with van der Waals surface area (Å²) >= 11 is 0. The summed E-state index contributed by atoms with van der Waals surface area (Å²) in [5, 5.41) is 3.36. The molecule has 96 valence electrons. The zero-order valence-electron chi connectivity index (χ0n) is 11.3. The van der Waals surface area contributed by atoms with Crippen molar-refractivity contribution in [3.8, 4) is 0 Å². The van der Waals surface area contributed by atoms with E-state index in [1.54, 1.807) is 0 Å². The minimum absolute atomic E-state index is 0.720. The normalized spacial score (nSPS) is 12.4. The van der Waals surface area contributed by atoms with E-state index in [1.165, 1.54) is 25.7 Å². The van der Waals surface area contributed by atoms with Crippen LogP contribution in [0.25, 0.3) is 0 Å². The minimum Gasteiger partial charge on any atom is -0.396 e. The van der Waals surface area contributed by atoms with E-state index in [2.05, 4.69) is 24.1 Å². The van der Waals surface area contributed by atoms with E-state index in [4.69, 9.17) is 5.73 Å². The maximum absolute atomic E-state index is 5.92. The molecular weight excluding hydrogens is 210 g/mol. The molecule has 3 N–H and O–H groups in total. The second kappa shape index (κ2) is 7.15. The molecule has 1 atom stereocenters. The fourth-order valence-electron chi connectivity index (χ4n) is 1.92. The molecule has 0 fully saturated rings. The molecular formula is C14H25N3. The predicted molar refractivity (Wildman–Crippen MR) is 75.2 cm³/mol. The Kier molecular flexibility index (Phi) is 5.81. The van der Waals surface area contributed by atoms with E-state index in [0.717, 1.165) is 29.5 Å². The van der Waals surface area contributed by atoms with Crippen LogP contribution in [0.4, 0.5) is 11.5 Å². The van der Waals surface area contributed by atoms with Gasteiger partial charge in [-0.15, -0.1) is 0 Å². The lowest BCUT2D eigenvalue weighted by Gasteiger charge is -2.16. The topological polar surface area (TPSA) is 50.9 Å². The monoisotopic (exact) mass is 235 g/mol. The first-order valence-electron chi connectivity index (χ1n) is 6.63. The molecule has 0 saturated heterocycles. The summed E-state index contributed by atoms with van der Waals surface area (Å²) in [6.45, 7) is 7.45. The number of aryl methyl sites for hydroxylation is 1. The molecule has 3 nitrogen and oxygen atoms in total. The summed E-state index contributed by atoms with van der Waals surface area (Å²) in [6.07, 6.45) is 6.91. The number of nitrogens with two attached hydrogens (primary N) is 1. The van der Waals surface area contributed by atoms with E-state index < -0.39 is 0 Å². The van der Waals surface area contributed by atoms with Gasteiger partial charge in [-0.25, -0.2) is 4.98 Å². The number of unbranched alkanes of at least 4 members (excludes halogenated alkanes) is 1. The number of hydrogen-bond donors (Lipinski definition) is 2. The first-order chi connectivity index (χ1) is 8.17. The number of aromatic nitrogens is 1. The van der Waals surface area contributed by atoms with Crippen LogP contribution in [0.2, 0.25) is 0 Å². The maximum Gasteiger partial charge on any atom is 0.149 e. The van der Waals surface area contributed by atoms with E-state index in [0.29, 0.717) is 0 Å². The lowest BCUT2D eigenvalue weighted by atomic mass is 9.99. The van der Waals surface area contributed by atoms with Gasteiger partial charge < -0.3 is 11.1 Å². The number of pyridine rings is 1. The number of rotatable bonds is 7. The molecule has 1 unspecified atom stereocenters. The Balaban J connectivity index is 2.47. The summed E-state index contributed by atoms with van der Waals surface area (Å²) in [6, 6.07) is 1.96. The quantitative estimate of drug-likeness (QED) is 0.759. The van der Waals surface area contributed by atoms with E-state index >= 15 is 0 Å². The highest BCUT2D eigenvalue weighted by atomic mass is 15.0. The summed E-state index contributed by atoms with van der Waals surface area (Å²) < 4.78 is 0. The third-order valence-corrected chi connectivity index (χ3v) is 3.16. The van der Waals surface area contributed by atoms with Gasteiger partial charge in [-0.3, -0.25) is 0 Å². The van der Waals surface area contributed by atoms with Gasteiger partial charge >= 0.3 is 0 Å². The van der Waals surface area contributed by atoms with Crippen LogP contribution in [0, 0.1) is 12.8 Å². The Morgan fingerprint density at radius 2 is 2.18 bits per heavy atom. The second-order valence-electron chi connectivity index (χ2n) is 4.75. The highest BCUT2D eigenvalue weighted by Gasteiger charge is 2.07. The van der Waals surface area contributed by atoms with Crippen molar-refractivity contribution in [1.29, 1.82) is 0 Å². The Labute approximate surface area is 105 Å². The molecule has 1 heterocycles. The SMILES string of the molecule is CCCCC(CC)CNc1ncc(C)cc1N. The lowest BCUT2D eigenvalue weighted by molar-refractivity contribution is 0.472. The number of nitrogens with zero attached hydrogens (tertiary/aromatic N) is 1. The van der Waals surface area contributed by atoms with Crippen molar-refractivity contribution >= 4 is 11.5 Å². The van der Waals surface area contributed by atoms with Crippen LogP contribution in [0.3, 0.4) is 0 Å². The van der Waals surface area contributed by atoms with Crippen LogP contribution < -0.4 is 11.1 Å². The number of hydrogen-bond acceptors (Lipinski definition) is 3. The first-order valence-corrected chi connectivity index (χ1v) is 6.63. The zero-order chi connectivity index (χ0) is 12.7. The highest BCUT2D eigenvalue weighted by Crippen LogP contribution is 2.18. The Morgan fingerprint density at radius 1 is 1.41 bits per heavy atom. The van der Waals surface area contributed by atoms with Crippen LogP contribution in [0.5, 0.6) is 0 Å². The number of nitrogen functional groups attached to an aromatic ring is 1. The largest absolute Gasteiger partial charge is 0.396 e. The van der Waals surface area contributed by atoms with Crippen molar-refractivity contribution in [2.24, 2.45) is 5.92 Å². The van der Waals surface area contributed by atoms with Crippen LogP contribution in [-0.2, 0) is 0 Å². The standard InChI is InChI=1S/C14H25N3/c1-4-6-7-12(5-2)10-17-14-13(15)8-11(3)9-16-14/h8-9,12H,4-7,10,15H2,1-3H3,(H,16,17). The second-order valence-corrected chi connectivity index (χ2v) is 4.75. The Hall–Kier alpha value is -1.25. The highest BCUT2D eigenvalue weighted by molar-refractivity contribution is 5.61. The summed E-state index contributed by atoms with van der Waals surface area (Å²) in [4.78, 5) is 4.33. The van der Waals surface area contributed by atoms with Gasteiger partial charge in [0.1, 0.15) is 5.82 Å². The van der Waals surface area contributed by atoms with Crippen molar-refractivity contribution < 1.29 is 0 Å². The van der Waals surface area contributed by atoms with Crippen LogP contribution in [0.15, 0.2) is 12.3 Å². The Bertz CT molecular complexity index is 336. The number of anilines is 2. The average Bonchev–Trinajstić information content (AvgIpc) is 2.31. The van der Waals surface area contributed by atoms with E-state index in [1.807, 2.05) is 19.2 Å². The van der Waals surface area contributed by atoms with Gasteiger partial charge in [-0.2, -0.15) is 0 Å². The van der Waals surface area contributed by atoms with Crippen LogP contribution in [0.1, 0.15) is 45.1 Å². The predicted octanol–water partition coefficient (Wildman–Crippen LogP) is 3.60. The maximum atomic E-state index is 5.92. The molecule has 1 aromatic rings. The molecule has 0 aromatic carbocycles. The molecule has 0 aliphatic rings. The molecule has 3 heteroatoms. The molecule has 0 radical (unpaired) electrons. The molecule has 0 bridgehead atoms. The average molecular weight is 235 g/mol. The molecule has 0 saturated carbocycles.